The lowest BCUT2D eigenvalue weighted by molar-refractivity contribution is -0.218. The van der Waals surface area contributed by atoms with Gasteiger partial charge in [-0.05, 0) is 44.8 Å². The molecule has 1 aromatic rings. The highest BCUT2D eigenvalue weighted by molar-refractivity contribution is 5.84. The van der Waals surface area contributed by atoms with Crippen LogP contribution in [0.4, 0.5) is 13.2 Å². The average molecular weight is 369 g/mol. The van der Waals surface area contributed by atoms with Crippen LogP contribution >= 0.6 is 0 Å². The molecule has 0 spiro atoms. The summed E-state index contributed by atoms with van der Waals surface area (Å²) in [5.74, 6) is -0.861. The molecule has 0 saturated carbocycles. The van der Waals surface area contributed by atoms with E-state index in [9.17, 15) is 18.0 Å². The predicted octanol–water partition coefficient (Wildman–Crippen LogP) is 2.70. The lowest BCUT2D eigenvalue weighted by Gasteiger charge is -2.35. The fraction of sp³-hybridized carbons (Fsp3) is 0.632. The summed E-state index contributed by atoms with van der Waals surface area (Å²) in [6.45, 7) is 3.11. The van der Waals surface area contributed by atoms with Gasteiger partial charge < -0.3 is 10.6 Å². The van der Waals surface area contributed by atoms with Gasteiger partial charge in [-0.2, -0.15) is 13.2 Å². The highest BCUT2D eigenvalue weighted by atomic mass is 19.4. The Labute approximate surface area is 152 Å². The Bertz CT molecular complexity index is 622. The Morgan fingerprint density at radius 1 is 1.35 bits per heavy atom. The third kappa shape index (κ3) is 4.04. The summed E-state index contributed by atoms with van der Waals surface area (Å²) in [6.07, 6.45) is -3.41. The second kappa shape index (κ2) is 7.56. The van der Waals surface area contributed by atoms with Gasteiger partial charge in [0.2, 0.25) is 5.91 Å². The van der Waals surface area contributed by atoms with Crippen molar-refractivity contribution in [3.8, 4) is 0 Å². The topological polar surface area (TPSA) is 44.4 Å². The van der Waals surface area contributed by atoms with E-state index in [-0.39, 0.29) is 31.6 Å². The first-order valence-corrected chi connectivity index (χ1v) is 9.17. The molecule has 1 amide bonds. The summed E-state index contributed by atoms with van der Waals surface area (Å²) in [5.41, 5.74) is -1.35. The van der Waals surface area contributed by atoms with Gasteiger partial charge in [0.05, 0.1) is 0 Å². The number of nitrogens with zero attached hydrogens (tertiary/aromatic N) is 1. The molecule has 3 atom stereocenters. The molecule has 1 aromatic carbocycles. The number of likely N-dealkylation sites (tertiary alicyclic amines) is 1. The van der Waals surface area contributed by atoms with Crippen molar-refractivity contribution in [1.29, 1.82) is 0 Å². The van der Waals surface area contributed by atoms with E-state index in [0.717, 1.165) is 5.56 Å². The van der Waals surface area contributed by atoms with Crippen molar-refractivity contribution in [2.75, 3.05) is 19.6 Å². The lowest BCUT2D eigenvalue weighted by Crippen LogP contribution is -2.56. The molecule has 4 nitrogen and oxygen atoms in total. The van der Waals surface area contributed by atoms with Gasteiger partial charge in [-0.15, -0.1) is 0 Å². The number of halogens is 3. The summed E-state index contributed by atoms with van der Waals surface area (Å²) >= 11 is 0. The maximum Gasteiger partial charge on any atom is 0.404 e. The van der Waals surface area contributed by atoms with E-state index in [1.54, 1.807) is 4.90 Å². The van der Waals surface area contributed by atoms with Gasteiger partial charge in [0, 0.05) is 25.2 Å². The number of piperidine rings is 1. The molecule has 26 heavy (non-hydrogen) atoms. The summed E-state index contributed by atoms with van der Waals surface area (Å²) < 4.78 is 41.7. The second-order valence-electron chi connectivity index (χ2n) is 7.58. The van der Waals surface area contributed by atoms with Crippen LogP contribution in [0.2, 0.25) is 0 Å². The van der Waals surface area contributed by atoms with Gasteiger partial charge in [0.15, 0.2) is 5.41 Å². The van der Waals surface area contributed by atoms with Gasteiger partial charge >= 0.3 is 6.18 Å². The molecule has 3 rings (SSSR count). The molecule has 2 fully saturated rings. The molecule has 3 unspecified atom stereocenters. The number of nitrogens with one attached hydrogen (secondary N) is 2. The molecule has 2 aliphatic heterocycles. The monoisotopic (exact) mass is 369 g/mol. The number of amides is 1. The maximum absolute atomic E-state index is 13.9. The molecule has 2 heterocycles. The molecule has 0 aromatic heterocycles. The maximum atomic E-state index is 13.9. The Morgan fingerprint density at radius 3 is 2.73 bits per heavy atom. The predicted molar refractivity (Wildman–Crippen MR) is 93.5 cm³/mol. The van der Waals surface area contributed by atoms with E-state index in [0.29, 0.717) is 25.9 Å². The van der Waals surface area contributed by atoms with E-state index in [1.165, 1.54) is 0 Å². The minimum atomic E-state index is -4.55. The van der Waals surface area contributed by atoms with E-state index in [4.69, 9.17) is 0 Å². The number of carbonyl (C=O) groups excluding carboxylic acids is 1. The van der Waals surface area contributed by atoms with Crippen LogP contribution in [0.1, 0.15) is 31.7 Å². The molecule has 7 heteroatoms. The number of hydrogen-bond acceptors (Lipinski definition) is 3. The summed E-state index contributed by atoms with van der Waals surface area (Å²) in [6, 6.07) is 9.41. The van der Waals surface area contributed by atoms with Crippen molar-refractivity contribution in [2.45, 2.75) is 51.0 Å². The van der Waals surface area contributed by atoms with Gasteiger partial charge in [0.1, 0.15) is 0 Å². The number of benzene rings is 1. The van der Waals surface area contributed by atoms with Crippen molar-refractivity contribution in [3.63, 3.8) is 0 Å². The Kier molecular flexibility index (Phi) is 5.58. The first-order chi connectivity index (χ1) is 12.3. The summed E-state index contributed by atoms with van der Waals surface area (Å²) in [5, 5.41) is 5.94. The molecule has 144 valence electrons. The molecule has 0 radical (unpaired) electrons. The van der Waals surface area contributed by atoms with Crippen LogP contribution in [0.3, 0.4) is 0 Å². The van der Waals surface area contributed by atoms with Gasteiger partial charge in [-0.3, -0.25) is 9.69 Å². The SMILES string of the molecule is CC1CC(NC(=O)C2(C(F)(F)F)CCN(Cc3ccccc3)C2)CCN1. The van der Waals surface area contributed by atoms with Crippen LogP contribution in [0.5, 0.6) is 0 Å². The fourth-order valence-corrected chi connectivity index (χ4v) is 4.00. The van der Waals surface area contributed by atoms with Crippen molar-refractivity contribution in [3.05, 3.63) is 35.9 Å². The summed E-state index contributed by atoms with van der Waals surface area (Å²) in [7, 11) is 0. The first-order valence-electron chi connectivity index (χ1n) is 9.17. The zero-order valence-electron chi connectivity index (χ0n) is 15.0. The Morgan fingerprint density at radius 2 is 2.08 bits per heavy atom. The molecule has 0 aliphatic carbocycles. The number of carbonyl (C=O) groups is 1. The highest BCUT2D eigenvalue weighted by Gasteiger charge is 2.63. The van der Waals surface area contributed by atoms with Gasteiger partial charge in [-0.1, -0.05) is 30.3 Å². The van der Waals surface area contributed by atoms with Crippen LogP contribution in [-0.2, 0) is 11.3 Å². The standard InChI is InChI=1S/C19H26F3N3O/c1-14-11-16(7-9-23-14)24-17(26)18(19(20,21)22)8-10-25(13-18)12-15-5-3-2-4-6-15/h2-6,14,16,23H,7-13H2,1H3,(H,24,26). The number of rotatable bonds is 4. The number of alkyl halides is 3. The Hall–Kier alpha value is -1.60. The zero-order chi connectivity index (χ0) is 18.8. The van der Waals surface area contributed by atoms with Crippen molar-refractivity contribution < 1.29 is 18.0 Å². The molecule has 2 N–H and O–H groups in total. The molecule has 2 saturated heterocycles. The molecular weight excluding hydrogens is 343 g/mol. The van der Waals surface area contributed by atoms with Gasteiger partial charge in [0.25, 0.3) is 0 Å². The number of hydrogen-bond donors (Lipinski definition) is 2. The van der Waals surface area contributed by atoms with Gasteiger partial charge in [-0.25, -0.2) is 0 Å². The Balaban J connectivity index is 1.70. The van der Waals surface area contributed by atoms with Crippen molar-refractivity contribution in [1.82, 2.24) is 15.5 Å². The molecular formula is C19H26F3N3O. The normalized spacial score (nSPS) is 30.3. The summed E-state index contributed by atoms with van der Waals surface area (Å²) in [4.78, 5) is 14.4. The lowest BCUT2D eigenvalue weighted by atomic mass is 9.84. The van der Waals surface area contributed by atoms with E-state index < -0.39 is 17.5 Å². The largest absolute Gasteiger partial charge is 0.404 e. The zero-order valence-corrected chi connectivity index (χ0v) is 15.0. The van der Waals surface area contributed by atoms with Crippen LogP contribution < -0.4 is 10.6 Å². The van der Waals surface area contributed by atoms with Crippen LogP contribution in [-0.4, -0.2) is 48.7 Å². The smallest absolute Gasteiger partial charge is 0.352 e. The van der Waals surface area contributed by atoms with Crippen LogP contribution in [0, 0.1) is 5.41 Å². The minimum Gasteiger partial charge on any atom is -0.352 e. The fourth-order valence-electron chi connectivity index (χ4n) is 4.00. The van der Waals surface area contributed by atoms with Crippen molar-refractivity contribution >= 4 is 5.91 Å². The highest BCUT2D eigenvalue weighted by Crippen LogP contribution is 2.46. The van der Waals surface area contributed by atoms with E-state index in [2.05, 4.69) is 10.6 Å². The first kappa shape index (κ1) is 19.2. The third-order valence-corrected chi connectivity index (χ3v) is 5.53. The third-order valence-electron chi connectivity index (χ3n) is 5.53. The van der Waals surface area contributed by atoms with E-state index in [1.807, 2.05) is 37.3 Å². The van der Waals surface area contributed by atoms with Crippen LogP contribution in [0.25, 0.3) is 0 Å². The quantitative estimate of drug-likeness (QED) is 0.858. The second-order valence-corrected chi connectivity index (χ2v) is 7.58. The molecule has 2 aliphatic rings. The van der Waals surface area contributed by atoms with Crippen LogP contribution in [0.15, 0.2) is 30.3 Å². The van der Waals surface area contributed by atoms with Crippen molar-refractivity contribution in [2.24, 2.45) is 5.41 Å². The minimum absolute atomic E-state index is 0.185. The molecule has 0 bridgehead atoms. The average Bonchev–Trinajstić information content (AvgIpc) is 3.01. The van der Waals surface area contributed by atoms with E-state index >= 15 is 0 Å².